The number of carbonyl (C=O) groups is 2. The average Bonchev–Trinajstić information content (AvgIpc) is 3.49. The summed E-state index contributed by atoms with van der Waals surface area (Å²) in [5, 5.41) is 10.5. The van der Waals surface area contributed by atoms with Crippen molar-refractivity contribution in [3.63, 3.8) is 0 Å². The Morgan fingerprint density at radius 3 is 2.48 bits per heavy atom. The standard InChI is InChI=1S/C24H33N5O2/c30-23(27-22-10-14-26-29(22)21-8-4-5-9-21)13-17-28-15-11-20(12-16-28)24(31)25-18-19-6-2-1-3-7-19/h1-3,6-7,10,14,20-21H,4-5,8-9,11-13,15-18H2,(H,25,31)(H,27,30). The van der Waals surface area contributed by atoms with Crippen LogP contribution in [0.5, 0.6) is 0 Å². The van der Waals surface area contributed by atoms with Gasteiger partial charge in [0.2, 0.25) is 11.8 Å². The van der Waals surface area contributed by atoms with Gasteiger partial charge in [-0.15, -0.1) is 0 Å². The molecule has 7 nitrogen and oxygen atoms in total. The quantitative estimate of drug-likeness (QED) is 0.682. The number of anilines is 1. The first-order valence-electron chi connectivity index (χ1n) is 11.6. The fourth-order valence-electron chi connectivity index (χ4n) is 4.67. The molecular formula is C24H33N5O2. The minimum Gasteiger partial charge on any atom is -0.352 e. The maximum Gasteiger partial charge on any atom is 0.226 e. The summed E-state index contributed by atoms with van der Waals surface area (Å²) in [7, 11) is 0. The number of aromatic nitrogens is 2. The molecule has 31 heavy (non-hydrogen) atoms. The third-order valence-corrected chi connectivity index (χ3v) is 6.53. The minimum atomic E-state index is 0.0301. The molecule has 1 aliphatic carbocycles. The van der Waals surface area contributed by atoms with Crippen molar-refractivity contribution in [2.45, 2.75) is 57.5 Å². The second-order valence-electron chi connectivity index (χ2n) is 8.72. The zero-order valence-electron chi connectivity index (χ0n) is 18.1. The average molecular weight is 424 g/mol. The molecule has 0 bridgehead atoms. The Bertz CT molecular complexity index is 852. The zero-order valence-corrected chi connectivity index (χ0v) is 18.1. The number of carbonyl (C=O) groups excluding carboxylic acids is 2. The van der Waals surface area contributed by atoms with E-state index in [1.165, 1.54) is 12.8 Å². The zero-order chi connectivity index (χ0) is 21.5. The second kappa shape index (κ2) is 10.6. The van der Waals surface area contributed by atoms with Crippen LogP contribution in [0.25, 0.3) is 0 Å². The molecule has 4 rings (SSSR count). The van der Waals surface area contributed by atoms with E-state index in [0.29, 0.717) is 19.0 Å². The first-order chi connectivity index (χ1) is 15.2. The Hall–Kier alpha value is -2.67. The molecule has 2 N–H and O–H groups in total. The number of hydrogen-bond acceptors (Lipinski definition) is 4. The lowest BCUT2D eigenvalue weighted by atomic mass is 9.95. The van der Waals surface area contributed by atoms with Gasteiger partial charge >= 0.3 is 0 Å². The van der Waals surface area contributed by atoms with Gasteiger partial charge < -0.3 is 15.5 Å². The summed E-state index contributed by atoms with van der Waals surface area (Å²) in [6, 6.07) is 12.3. The predicted octanol–water partition coefficient (Wildman–Crippen LogP) is 3.36. The molecule has 1 aromatic heterocycles. The molecule has 1 saturated carbocycles. The summed E-state index contributed by atoms with van der Waals surface area (Å²) >= 11 is 0. The van der Waals surface area contributed by atoms with Crippen LogP contribution in [-0.4, -0.2) is 46.1 Å². The number of rotatable bonds is 8. The highest BCUT2D eigenvalue weighted by molar-refractivity contribution is 5.90. The molecule has 2 amide bonds. The van der Waals surface area contributed by atoms with Crippen molar-refractivity contribution >= 4 is 17.6 Å². The Kier molecular flexibility index (Phi) is 7.35. The first-order valence-corrected chi connectivity index (χ1v) is 11.6. The second-order valence-corrected chi connectivity index (χ2v) is 8.72. The highest BCUT2D eigenvalue weighted by Gasteiger charge is 2.25. The Morgan fingerprint density at radius 2 is 1.74 bits per heavy atom. The summed E-state index contributed by atoms with van der Waals surface area (Å²) in [4.78, 5) is 27.2. The summed E-state index contributed by atoms with van der Waals surface area (Å²) in [5.41, 5.74) is 1.12. The number of amides is 2. The third kappa shape index (κ3) is 5.94. The minimum absolute atomic E-state index is 0.0301. The van der Waals surface area contributed by atoms with Crippen molar-refractivity contribution in [3.05, 3.63) is 48.2 Å². The van der Waals surface area contributed by atoms with Gasteiger partial charge in [0, 0.05) is 31.5 Å². The molecule has 0 unspecified atom stereocenters. The van der Waals surface area contributed by atoms with Crippen LogP contribution in [0.2, 0.25) is 0 Å². The molecule has 1 aromatic carbocycles. The van der Waals surface area contributed by atoms with Crippen LogP contribution in [0.15, 0.2) is 42.6 Å². The Balaban J connectivity index is 1.15. The fourth-order valence-corrected chi connectivity index (χ4v) is 4.67. The van der Waals surface area contributed by atoms with Crippen LogP contribution in [0, 0.1) is 5.92 Å². The highest BCUT2D eigenvalue weighted by Crippen LogP contribution is 2.31. The maximum atomic E-state index is 12.5. The van der Waals surface area contributed by atoms with Crippen molar-refractivity contribution < 1.29 is 9.59 Å². The van der Waals surface area contributed by atoms with Gasteiger partial charge in [0.1, 0.15) is 5.82 Å². The molecule has 2 aliphatic rings. The van der Waals surface area contributed by atoms with Gasteiger partial charge in [-0.3, -0.25) is 9.59 Å². The molecule has 0 atom stereocenters. The molecule has 2 aromatic rings. The smallest absolute Gasteiger partial charge is 0.226 e. The van der Waals surface area contributed by atoms with E-state index in [4.69, 9.17) is 0 Å². The van der Waals surface area contributed by atoms with Gasteiger partial charge in [0.25, 0.3) is 0 Å². The molecular weight excluding hydrogens is 390 g/mol. The van der Waals surface area contributed by atoms with Crippen molar-refractivity contribution in [3.8, 4) is 0 Å². The molecule has 1 aliphatic heterocycles. The number of hydrogen-bond donors (Lipinski definition) is 2. The first kappa shape index (κ1) is 21.6. The van der Waals surface area contributed by atoms with E-state index >= 15 is 0 Å². The Morgan fingerprint density at radius 1 is 1.00 bits per heavy atom. The maximum absolute atomic E-state index is 12.5. The monoisotopic (exact) mass is 423 g/mol. The topological polar surface area (TPSA) is 79.3 Å². The number of nitrogens with zero attached hydrogens (tertiary/aromatic N) is 3. The summed E-state index contributed by atoms with van der Waals surface area (Å²) in [6.45, 7) is 3.02. The van der Waals surface area contributed by atoms with Gasteiger partial charge in [0.15, 0.2) is 0 Å². The molecule has 2 fully saturated rings. The van der Waals surface area contributed by atoms with E-state index in [0.717, 1.165) is 56.7 Å². The lowest BCUT2D eigenvalue weighted by Crippen LogP contribution is -2.41. The summed E-state index contributed by atoms with van der Waals surface area (Å²) < 4.78 is 1.98. The highest BCUT2D eigenvalue weighted by atomic mass is 16.2. The van der Waals surface area contributed by atoms with Crippen LogP contribution >= 0.6 is 0 Å². The molecule has 2 heterocycles. The molecule has 0 radical (unpaired) electrons. The molecule has 0 spiro atoms. The largest absolute Gasteiger partial charge is 0.352 e. The van der Waals surface area contributed by atoms with Gasteiger partial charge in [-0.25, -0.2) is 4.68 Å². The molecule has 1 saturated heterocycles. The van der Waals surface area contributed by atoms with Crippen LogP contribution in [0.1, 0.15) is 56.6 Å². The SMILES string of the molecule is O=C(CCN1CCC(C(=O)NCc2ccccc2)CC1)Nc1ccnn1C1CCCC1. The lowest BCUT2D eigenvalue weighted by molar-refractivity contribution is -0.126. The van der Waals surface area contributed by atoms with E-state index in [9.17, 15) is 9.59 Å². The van der Waals surface area contributed by atoms with Crippen LogP contribution < -0.4 is 10.6 Å². The number of piperidine rings is 1. The van der Waals surface area contributed by atoms with E-state index in [1.54, 1.807) is 6.20 Å². The van der Waals surface area contributed by atoms with Crippen molar-refractivity contribution in [2.75, 3.05) is 25.0 Å². The van der Waals surface area contributed by atoms with Crippen LogP contribution in [0.4, 0.5) is 5.82 Å². The van der Waals surface area contributed by atoms with Gasteiger partial charge in [0.05, 0.1) is 12.2 Å². The number of nitrogens with one attached hydrogen (secondary N) is 2. The molecule has 166 valence electrons. The van der Waals surface area contributed by atoms with Gasteiger partial charge in [-0.2, -0.15) is 5.10 Å². The molecule has 7 heteroatoms. The van der Waals surface area contributed by atoms with Crippen molar-refractivity contribution in [2.24, 2.45) is 5.92 Å². The normalized spacial score (nSPS) is 18.2. The fraction of sp³-hybridized carbons (Fsp3) is 0.542. The van der Waals surface area contributed by atoms with E-state index < -0.39 is 0 Å². The predicted molar refractivity (Wildman–Crippen MR) is 120 cm³/mol. The third-order valence-electron chi connectivity index (χ3n) is 6.53. The van der Waals surface area contributed by atoms with Crippen molar-refractivity contribution in [1.82, 2.24) is 20.0 Å². The van der Waals surface area contributed by atoms with Crippen molar-refractivity contribution in [1.29, 1.82) is 0 Å². The van der Waals surface area contributed by atoms with E-state index in [-0.39, 0.29) is 17.7 Å². The summed E-state index contributed by atoms with van der Waals surface area (Å²) in [5.74, 6) is 1.05. The van der Waals surface area contributed by atoms with Crippen LogP contribution in [0.3, 0.4) is 0 Å². The number of likely N-dealkylation sites (tertiary alicyclic amines) is 1. The number of benzene rings is 1. The van der Waals surface area contributed by atoms with Crippen LogP contribution in [-0.2, 0) is 16.1 Å². The van der Waals surface area contributed by atoms with Gasteiger partial charge in [-0.05, 0) is 44.3 Å². The van der Waals surface area contributed by atoms with Gasteiger partial charge in [-0.1, -0.05) is 43.2 Å². The van der Waals surface area contributed by atoms with E-state index in [2.05, 4.69) is 20.6 Å². The van der Waals surface area contributed by atoms with E-state index in [1.807, 2.05) is 41.1 Å². The summed E-state index contributed by atoms with van der Waals surface area (Å²) in [6.07, 6.45) is 8.66. The Labute approximate surface area is 184 Å². The lowest BCUT2D eigenvalue weighted by Gasteiger charge is -2.31.